The summed E-state index contributed by atoms with van der Waals surface area (Å²) in [5.41, 5.74) is 5.45. The number of nitrogens with one attached hydrogen (secondary N) is 1. The highest BCUT2D eigenvalue weighted by Gasteiger charge is 2.20. The lowest BCUT2D eigenvalue weighted by molar-refractivity contribution is -0.130. The number of hydrogen-bond acceptors (Lipinski definition) is 5. The molecule has 1 rings (SSSR count). The summed E-state index contributed by atoms with van der Waals surface area (Å²) >= 11 is 4.28. The number of nitrogens with two attached hydrogens (primary N) is 1. The molecule has 1 aromatic heterocycles. The van der Waals surface area contributed by atoms with Crippen LogP contribution < -0.4 is 10.5 Å². The van der Waals surface area contributed by atoms with Crippen molar-refractivity contribution >= 4 is 43.2 Å². The molecule has 0 saturated carbocycles. The molecule has 0 aromatic carbocycles. The molecular formula is C10H16BrN3O3S2. The summed E-state index contributed by atoms with van der Waals surface area (Å²) in [5.74, 6) is -0.322. The van der Waals surface area contributed by atoms with Crippen molar-refractivity contribution in [1.82, 2.24) is 9.62 Å². The van der Waals surface area contributed by atoms with Gasteiger partial charge in [0, 0.05) is 19.6 Å². The van der Waals surface area contributed by atoms with E-state index in [1.807, 2.05) is 0 Å². The monoisotopic (exact) mass is 369 g/mol. The third-order valence-electron chi connectivity index (χ3n) is 2.62. The molecule has 3 N–H and O–H groups in total. The summed E-state index contributed by atoms with van der Waals surface area (Å²) in [6.07, 6.45) is 0. The summed E-state index contributed by atoms with van der Waals surface area (Å²) < 4.78 is 27.0. The van der Waals surface area contributed by atoms with Crippen LogP contribution in [0.5, 0.6) is 0 Å². The van der Waals surface area contributed by atoms with Gasteiger partial charge in [0.25, 0.3) is 10.0 Å². The topological polar surface area (TPSA) is 92.5 Å². The lowest BCUT2D eigenvalue weighted by Gasteiger charge is -2.23. The number of sulfonamides is 1. The Balaban J connectivity index is 2.64. The normalized spacial score (nSPS) is 13.3. The fourth-order valence-corrected chi connectivity index (χ4v) is 4.23. The molecule has 9 heteroatoms. The number of carbonyl (C=O) groups is 1. The van der Waals surface area contributed by atoms with E-state index >= 15 is 0 Å². The Labute approximate surface area is 125 Å². The van der Waals surface area contributed by atoms with Gasteiger partial charge >= 0.3 is 0 Å². The third kappa shape index (κ3) is 4.53. The van der Waals surface area contributed by atoms with Crippen LogP contribution in [0.4, 0.5) is 0 Å². The maximum Gasteiger partial charge on any atom is 0.250 e. The van der Waals surface area contributed by atoms with E-state index in [1.165, 1.54) is 11.0 Å². The Hall–Kier alpha value is -0.480. The zero-order valence-electron chi connectivity index (χ0n) is 10.6. The SMILES string of the molecule is CC(CN)N(C)C(=O)CNS(=O)(=O)c1ccc(Br)s1. The Bertz CT molecular complexity index is 544. The zero-order chi connectivity index (χ0) is 14.6. The predicted octanol–water partition coefficient (Wildman–Crippen LogP) is 0.595. The van der Waals surface area contributed by atoms with Crippen LogP contribution in [0, 0.1) is 0 Å². The molecule has 0 aliphatic heterocycles. The second-order valence-corrected chi connectivity index (χ2v) is 8.43. The van der Waals surface area contributed by atoms with E-state index in [-0.39, 0.29) is 22.7 Å². The van der Waals surface area contributed by atoms with Crippen molar-refractivity contribution in [3.8, 4) is 0 Å². The van der Waals surface area contributed by atoms with Crippen LogP contribution in [-0.4, -0.2) is 45.4 Å². The van der Waals surface area contributed by atoms with E-state index in [1.54, 1.807) is 20.0 Å². The average Bonchev–Trinajstić information content (AvgIpc) is 2.81. The van der Waals surface area contributed by atoms with Crippen molar-refractivity contribution in [2.24, 2.45) is 5.73 Å². The summed E-state index contributed by atoms with van der Waals surface area (Å²) in [6.45, 7) is 1.84. The number of likely N-dealkylation sites (N-methyl/N-ethyl adjacent to an activating group) is 1. The van der Waals surface area contributed by atoms with Gasteiger partial charge in [-0.05, 0) is 35.0 Å². The van der Waals surface area contributed by atoms with Gasteiger partial charge in [0.1, 0.15) is 4.21 Å². The van der Waals surface area contributed by atoms with E-state index in [9.17, 15) is 13.2 Å². The van der Waals surface area contributed by atoms with Crippen LogP contribution in [0.15, 0.2) is 20.1 Å². The van der Waals surface area contributed by atoms with E-state index < -0.39 is 10.0 Å². The Morgan fingerprint density at radius 1 is 1.58 bits per heavy atom. The molecule has 1 atom stereocenters. The fourth-order valence-electron chi connectivity index (χ4n) is 1.20. The van der Waals surface area contributed by atoms with Crippen LogP contribution >= 0.6 is 27.3 Å². The van der Waals surface area contributed by atoms with Crippen LogP contribution in [0.3, 0.4) is 0 Å². The predicted molar refractivity (Wildman–Crippen MR) is 78.5 cm³/mol. The standard InChI is InChI=1S/C10H16BrN3O3S2/c1-7(5-12)14(2)9(15)6-13-19(16,17)10-4-3-8(11)18-10/h3-4,7,13H,5-6,12H2,1-2H3. The van der Waals surface area contributed by atoms with Crippen LogP contribution in [0.1, 0.15) is 6.92 Å². The maximum absolute atomic E-state index is 11.9. The van der Waals surface area contributed by atoms with Gasteiger partial charge in [-0.1, -0.05) is 0 Å². The molecule has 1 unspecified atom stereocenters. The summed E-state index contributed by atoms with van der Waals surface area (Å²) in [7, 11) is -2.05. The number of thiophene rings is 1. The van der Waals surface area contributed by atoms with E-state index in [0.717, 1.165) is 11.3 Å². The smallest absolute Gasteiger partial charge is 0.250 e. The second kappa shape index (κ2) is 6.80. The van der Waals surface area contributed by atoms with Gasteiger partial charge in [0.2, 0.25) is 5.91 Å². The van der Waals surface area contributed by atoms with Crippen molar-refractivity contribution in [1.29, 1.82) is 0 Å². The number of amides is 1. The lowest BCUT2D eigenvalue weighted by atomic mass is 10.3. The first-order valence-electron chi connectivity index (χ1n) is 5.48. The first-order chi connectivity index (χ1) is 8.77. The molecule has 6 nitrogen and oxygen atoms in total. The van der Waals surface area contributed by atoms with E-state index in [2.05, 4.69) is 20.7 Å². The highest BCUT2D eigenvalue weighted by molar-refractivity contribution is 9.11. The minimum Gasteiger partial charge on any atom is -0.341 e. The number of rotatable bonds is 6. The highest BCUT2D eigenvalue weighted by Crippen LogP contribution is 2.25. The highest BCUT2D eigenvalue weighted by atomic mass is 79.9. The number of carbonyl (C=O) groups excluding carboxylic acids is 1. The minimum absolute atomic E-state index is 0.132. The van der Waals surface area contributed by atoms with Crippen LogP contribution in [-0.2, 0) is 14.8 Å². The molecule has 1 amide bonds. The molecule has 0 aliphatic carbocycles. The first-order valence-corrected chi connectivity index (χ1v) is 8.58. The molecule has 19 heavy (non-hydrogen) atoms. The third-order valence-corrected chi connectivity index (χ3v) is 6.14. The van der Waals surface area contributed by atoms with Gasteiger partial charge in [-0.2, -0.15) is 0 Å². The first kappa shape index (κ1) is 16.6. The van der Waals surface area contributed by atoms with E-state index in [4.69, 9.17) is 5.73 Å². The molecule has 1 aromatic rings. The summed E-state index contributed by atoms with van der Waals surface area (Å²) in [4.78, 5) is 13.2. The fraction of sp³-hybridized carbons (Fsp3) is 0.500. The number of nitrogens with zero attached hydrogens (tertiary/aromatic N) is 1. The Morgan fingerprint density at radius 3 is 2.68 bits per heavy atom. The molecule has 0 aliphatic rings. The molecule has 0 radical (unpaired) electrons. The molecule has 0 spiro atoms. The van der Waals surface area contributed by atoms with Crippen molar-refractivity contribution in [3.63, 3.8) is 0 Å². The maximum atomic E-state index is 11.9. The average molecular weight is 370 g/mol. The molecule has 0 bridgehead atoms. The quantitative estimate of drug-likeness (QED) is 0.767. The van der Waals surface area contributed by atoms with Gasteiger partial charge in [-0.15, -0.1) is 11.3 Å². The minimum atomic E-state index is -3.64. The van der Waals surface area contributed by atoms with Gasteiger partial charge < -0.3 is 10.6 Å². The van der Waals surface area contributed by atoms with Crippen molar-refractivity contribution in [2.45, 2.75) is 17.2 Å². The van der Waals surface area contributed by atoms with Gasteiger partial charge in [-0.3, -0.25) is 4.79 Å². The molecule has 1 heterocycles. The molecule has 0 fully saturated rings. The lowest BCUT2D eigenvalue weighted by Crippen LogP contribution is -2.44. The molecule has 0 saturated heterocycles. The van der Waals surface area contributed by atoms with Gasteiger partial charge in [-0.25, -0.2) is 13.1 Å². The molecular weight excluding hydrogens is 354 g/mol. The number of hydrogen-bond donors (Lipinski definition) is 2. The number of halogens is 1. The van der Waals surface area contributed by atoms with Crippen LogP contribution in [0.25, 0.3) is 0 Å². The van der Waals surface area contributed by atoms with Crippen molar-refractivity contribution in [3.05, 3.63) is 15.9 Å². The summed E-state index contributed by atoms with van der Waals surface area (Å²) in [6, 6.07) is 2.99. The van der Waals surface area contributed by atoms with Gasteiger partial charge in [0.15, 0.2) is 0 Å². The van der Waals surface area contributed by atoms with Crippen LogP contribution in [0.2, 0.25) is 0 Å². The second-order valence-electron chi connectivity index (χ2n) is 3.97. The van der Waals surface area contributed by atoms with Crippen molar-refractivity contribution < 1.29 is 13.2 Å². The largest absolute Gasteiger partial charge is 0.341 e. The zero-order valence-corrected chi connectivity index (χ0v) is 13.8. The van der Waals surface area contributed by atoms with Crippen molar-refractivity contribution in [2.75, 3.05) is 20.1 Å². The summed E-state index contributed by atoms with van der Waals surface area (Å²) in [5, 5.41) is 0. The Kier molecular flexibility index (Phi) is 5.93. The van der Waals surface area contributed by atoms with Gasteiger partial charge in [0.05, 0.1) is 10.3 Å². The molecule has 108 valence electrons. The Morgan fingerprint density at radius 2 is 2.21 bits per heavy atom. The van der Waals surface area contributed by atoms with E-state index in [0.29, 0.717) is 10.3 Å².